The number of fused-ring (bicyclic) bond motifs is 2. The molecule has 0 radical (unpaired) electrons. The average molecular weight is 694 g/mol. The Labute approximate surface area is 292 Å². The number of ether oxygens (including phenoxy) is 1. The zero-order valence-electron chi connectivity index (χ0n) is 27.7. The monoisotopic (exact) mass is 693 g/mol. The fraction of sp³-hybridized carbons (Fsp3) is 0.351. The van der Waals surface area contributed by atoms with Gasteiger partial charge in [-0.2, -0.15) is 0 Å². The van der Waals surface area contributed by atoms with Crippen LogP contribution in [0.4, 0.5) is 4.79 Å². The molecule has 10 nitrogen and oxygen atoms in total. The molecule has 4 N–H and O–H groups in total. The Morgan fingerprint density at radius 3 is 2.37 bits per heavy atom. The van der Waals surface area contributed by atoms with E-state index in [9.17, 15) is 9.59 Å². The number of aromatic amines is 2. The first kappa shape index (κ1) is 31.7. The van der Waals surface area contributed by atoms with Crippen molar-refractivity contribution < 1.29 is 14.3 Å². The van der Waals surface area contributed by atoms with Crippen molar-refractivity contribution in [1.29, 1.82) is 0 Å². The van der Waals surface area contributed by atoms with Crippen molar-refractivity contribution in [1.82, 2.24) is 35.5 Å². The molecule has 2 saturated heterocycles. The second-order valence-electron chi connectivity index (χ2n) is 13.2. The number of H-pyrrole nitrogens is 2. The molecule has 4 aromatic heterocycles. The summed E-state index contributed by atoms with van der Waals surface area (Å²) in [4.78, 5) is 46.5. The fourth-order valence-corrected chi connectivity index (χ4v) is 9.44. The Bertz CT molecular complexity index is 2110. The van der Waals surface area contributed by atoms with Crippen molar-refractivity contribution in [3.05, 3.63) is 72.4 Å². The van der Waals surface area contributed by atoms with Gasteiger partial charge < -0.3 is 30.2 Å². The van der Waals surface area contributed by atoms with Crippen LogP contribution in [0.1, 0.15) is 63.3 Å². The van der Waals surface area contributed by atoms with Gasteiger partial charge in [0.25, 0.3) is 0 Å². The number of carbonyl (C=O) groups excluding carboxylic acids is 2. The van der Waals surface area contributed by atoms with Gasteiger partial charge in [-0.1, -0.05) is 44.2 Å². The van der Waals surface area contributed by atoms with Gasteiger partial charge in [-0.05, 0) is 73.5 Å². The molecule has 3 atom stereocenters. The average Bonchev–Trinajstić information content (AvgIpc) is 3.95. The summed E-state index contributed by atoms with van der Waals surface area (Å²) in [5.74, 6) is 1.61. The number of rotatable bonds is 8. The molecule has 0 spiro atoms. The number of carbonyl (C=O) groups is 2. The summed E-state index contributed by atoms with van der Waals surface area (Å²) in [6.45, 7) is 5.52. The molecule has 2 aliphatic rings. The molecule has 12 heteroatoms. The molecule has 2 fully saturated rings. The van der Waals surface area contributed by atoms with Crippen LogP contribution in [0.3, 0.4) is 0 Å². The number of aromatic nitrogens is 4. The Morgan fingerprint density at radius 1 is 0.918 bits per heavy atom. The summed E-state index contributed by atoms with van der Waals surface area (Å²) in [6, 6.07) is 19.1. The molecule has 8 rings (SSSR count). The number of thiophene rings is 2. The van der Waals surface area contributed by atoms with Crippen LogP contribution in [0.5, 0.6) is 0 Å². The maximum absolute atomic E-state index is 13.6. The lowest BCUT2D eigenvalue weighted by Gasteiger charge is -2.29. The van der Waals surface area contributed by atoms with Gasteiger partial charge in [0.05, 0.1) is 35.9 Å². The van der Waals surface area contributed by atoms with Crippen LogP contribution in [0.15, 0.2) is 60.8 Å². The highest BCUT2D eigenvalue weighted by molar-refractivity contribution is 7.31. The van der Waals surface area contributed by atoms with Crippen molar-refractivity contribution in [3.63, 3.8) is 0 Å². The molecule has 2 aliphatic heterocycles. The summed E-state index contributed by atoms with van der Waals surface area (Å²) < 4.78 is 7.31. The Morgan fingerprint density at radius 2 is 1.65 bits per heavy atom. The first-order valence-corrected chi connectivity index (χ1v) is 18.6. The first-order valence-electron chi connectivity index (χ1n) is 16.9. The minimum atomic E-state index is -0.661. The summed E-state index contributed by atoms with van der Waals surface area (Å²) >= 11 is 3.61. The standard InChI is InChI=1S/C37H39N7O3S2/c1-20(2)33(43-37(46)47-3)36(45)44-15-5-7-28(44)35-40-24-13-12-23(16-26(24)41-35)30-18-32-31(49-30)17-29(48-32)22-10-8-21(9-11-22)27-19-39-34(42-27)25-6-4-14-38-25/h8-13,16-20,25,28,33,38H,4-7,14-15H2,1-3H3,(H,39,42)(H,40,41)(H,43,46)/t25?,28?,33-/m0/s1. The minimum absolute atomic E-state index is 0.0803. The molecule has 49 heavy (non-hydrogen) atoms. The summed E-state index contributed by atoms with van der Waals surface area (Å²) in [6.07, 6.45) is 5.42. The largest absolute Gasteiger partial charge is 0.453 e. The topological polar surface area (TPSA) is 128 Å². The molecule has 2 amide bonds. The summed E-state index contributed by atoms with van der Waals surface area (Å²) in [7, 11) is 1.31. The lowest BCUT2D eigenvalue weighted by molar-refractivity contribution is -0.135. The molecule has 2 unspecified atom stereocenters. The Hall–Kier alpha value is -4.52. The van der Waals surface area contributed by atoms with Crippen LogP contribution in [-0.4, -0.2) is 63.1 Å². The molecule has 0 bridgehead atoms. The van der Waals surface area contributed by atoms with Gasteiger partial charge >= 0.3 is 6.09 Å². The van der Waals surface area contributed by atoms with Crippen molar-refractivity contribution in [2.75, 3.05) is 20.2 Å². The van der Waals surface area contributed by atoms with Crippen molar-refractivity contribution in [2.45, 2.75) is 57.7 Å². The quantitative estimate of drug-likeness (QED) is 0.128. The van der Waals surface area contributed by atoms with Crippen LogP contribution >= 0.6 is 22.7 Å². The maximum atomic E-state index is 13.6. The number of hydrogen-bond donors (Lipinski definition) is 4. The molecule has 2 aromatic carbocycles. The van der Waals surface area contributed by atoms with Gasteiger partial charge in [-0.3, -0.25) is 4.79 Å². The predicted octanol–water partition coefficient (Wildman–Crippen LogP) is 8.03. The third-order valence-electron chi connectivity index (χ3n) is 9.69. The fourth-order valence-electron chi connectivity index (χ4n) is 7.04. The Balaban J connectivity index is 0.985. The van der Waals surface area contributed by atoms with E-state index in [1.165, 1.54) is 38.2 Å². The molecule has 0 aliphatic carbocycles. The van der Waals surface area contributed by atoms with Gasteiger partial charge in [0.15, 0.2) is 0 Å². The molecule has 6 aromatic rings. The summed E-state index contributed by atoms with van der Waals surface area (Å²) in [5, 5.41) is 6.23. The van der Waals surface area contributed by atoms with E-state index >= 15 is 0 Å². The lowest BCUT2D eigenvalue weighted by atomic mass is 10.0. The number of nitrogens with one attached hydrogen (secondary N) is 4. The van der Waals surface area contributed by atoms with E-state index in [0.717, 1.165) is 65.3 Å². The number of alkyl carbamates (subject to hydrolysis) is 1. The number of hydrogen-bond acceptors (Lipinski definition) is 8. The highest BCUT2D eigenvalue weighted by Crippen LogP contribution is 2.42. The van der Waals surface area contributed by atoms with Crippen LogP contribution in [0.25, 0.3) is 52.6 Å². The van der Waals surface area contributed by atoms with Crippen LogP contribution in [0, 0.1) is 5.92 Å². The molecule has 252 valence electrons. The second kappa shape index (κ2) is 13.1. The third-order valence-corrected chi connectivity index (χ3v) is 12.1. The van der Waals surface area contributed by atoms with Gasteiger partial charge in [0, 0.05) is 37.5 Å². The molecule has 0 saturated carbocycles. The van der Waals surface area contributed by atoms with E-state index in [0.29, 0.717) is 12.6 Å². The van der Waals surface area contributed by atoms with E-state index in [1.807, 2.05) is 36.3 Å². The number of methoxy groups -OCH3 is 1. The Kier molecular flexibility index (Phi) is 8.46. The van der Waals surface area contributed by atoms with Gasteiger partial charge in [0.1, 0.15) is 17.7 Å². The van der Waals surface area contributed by atoms with Crippen LogP contribution in [0.2, 0.25) is 0 Å². The predicted molar refractivity (Wildman–Crippen MR) is 196 cm³/mol. The van der Waals surface area contributed by atoms with E-state index in [2.05, 4.69) is 75.2 Å². The van der Waals surface area contributed by atoms with Crippen molar-refractivity contribution in [2.24, 2.45) is 5.92 Å². The van der Waals surface area contributed by atoms with E-state index in [-0.39, 0.29) is 17.9 Å². The van der Waals surface area contributed by atoms with Crippen LogP contribution in [-0.2, 0) is 9.53 Å². The maximum Gasteiger partial charge on any atom is 0.407 e. The highest BCUT2D eigenvalue weighted by atomic mass is 32.1. The zero-order valence-corrected chi connectivity index (χ0v) is 29.3. The number of nitrogens with zero attached hydrogens (tertiary/aromatic N) is 3. The zero-order chi connectivity index (χ0) is 33.6. The van der Waals surface area contributed by atoms with E-state index < -0.39 is 12.1 Å². The number of imidazole rings is 2. The van der Waals surface area contributed by atoms with Crippen molar-refractivity contribution >= 4 is 55.1 Å². The first-order chi connectivity index (χ1) is 23.8. The molecule has 6 heterocycles. The molecular weight excluding hydrogens is 655 g/mol. The SMILES string of the molecule is COC(=O)N[C@H](C(=O)N1CCCC1c1nc2ccc(-c3cc4sc(-c5ccc(-c6c[nH]c(C7CCCN7)n6)cc5)cc4s3)cc2[nH]1)C(C)C. The van der Waals surface area contributed by atoms with Crippen LogP contribution < -0.4 is 10.6 Å². The number of likely N-dealkylation sites (tertiary alicyclic amines) is 1. The third kappa shape index (κ3) is 6.13. The molecular formula is C37H39N7O3S2. The van der Waals surface area contributed by atoms with Gasteiger partial charge in [0.2, 0.25) is 5.91 Å². The number of amides is 2. The highest BCUT2D eigenvalue weighted by Gasteiger charge is 2.37. The normalized spacial score (nSPS) is 18.6. The van der Waals surface area contributed by atoms with Gasteiger partial charge in [-0.25, -0.2) is 14.8 Å². The van der Waals surface area contributed by atoms with E-state index in [1.54, 1.807) is 11.3 Å². The lowest BCUT2D eigenvalue weighted by Crippen LogP contribution is -2.51. The minimum Gasteiger partial charge on any atom is -0.453 e. The second-order valence-corrected chi connectivity index (χ2v) is 15.4. The number of benzene rings is 2. The van der Waals surface area contributed by atoms with Crippen molar-refractivity contribution in [3.8, 4) is 32.1 Å². The summed E-state index contributed by atoms with van der Waals surface area (Å²) in [5.41, 5.74) is 6.26. The van der Waals surface area contributed by atoms with E-state index in [4.69, 9.17) is 14.7 Å². The van der Waals surface area contributed by atoms with Gasteiger partial charge in [-0.15, -0.1) is 22.7 Å². The smallest absolute Gasteiger partial charge is 0.407 e.